The molecular formula is C16H24N4O2. The number of hydrogen-bond donors (Lipinski definition) is 2. The van der Waals surface area contributed by atoms with Crippen molar-refractivity contribution >= 4 is 12.0 Å². The largest absolute Gasteiger partial charge is 0.389 e. The van der Waals surface area contributed by atoms with Gasteiger partial charge in [-0.25, -0.2) is 0 Å². The average molecular weight is 304 g/mol. The molecule has 120 valence electrons. The number of aromatic nitrogens is 2. The van der Waals surface area contributed by atoms with Crippen LogP contribution in [0.3, 0.4) is 0 Å². The first-order chi connectivity index (χ1) is 10.6. The number of hydrogen-bond acceptors (Lipinski definition) is 4. The lowest BCUT2D eigenvalue weighted by molar-refractivity contribution is -0.117. The molecule has 1 aromatic heterocycles. The number of rotatable bonds is 4. The van der Waals surface area contributed by atoms with Gasteiger partial charge in [-0.3, -0.25) is 14.4 Å². The molecule has 1 aliphatic heterocycles. The van der Waals surface area contributed by atoms with Gasteiger partial charge in [0.05, 0.1) is 17.8 Å². The molecule has 1 saturated carbocycles. The van der Waals surface area contributed by atoms with Crippen molar-refractivity contribution in [2.24, 2.45) is 7.05 Å². The maximum Gasteiger partial charge on any atom is 0.244 e. The zero-order valence-electron chi connectivity index (χ0n) is 13.0. The van der Waals surface area contributed by atoms with Crippen LogP contribution < -0.4 is 5.32 Å². The van der Waals surface area contributed by atoms with Crippen LogP contribution in [0.25, 0.3) is 6.08 Å². The second kappa shape index (κ2) is 6.62. The fourth-order valence-electron chi connectivity index (χ4n) is 3.53. The lowest BCUT2D eigenvalue weighted by atomic mass is 10.1. The van der Waals surface area contributed by atoms with Gasteiger partial charge >= 0.3 is 0 Å². The van der Waals surface area contributed by atoms with E-state index in [0.29, 0.717) is 0 Å². The molecule has 1 saturated heterocycles. The quantitative estimate of drug-likeness (QED) is 0.797. The van der Waals surface area contributed by atoms with Crippen LogP contribution in [0.1, 0.15) is 31.4 Å². The van der Waals surface area contributed by atoms with Gasteiger partial charge in [0.2, 0.25) is 5.91 Å². The molecule has 0 aromatic carbocycles. The fourth-order valence-corrected chi connectivity index (χ4v) is 3.53. The molecule has 6 nitrogen and oxygen atoms in total. The van der Waals surface area contributed by atoms with Crippen molar-refractivity contribution in [2.75, 3.05) is 13.1 Å². The molecule has 2 N–H and O–H groups in total. The van der Waals surface area contributed by atoms with E-state index in [4.69, 9.17) is 0 Å². The van der Waals surface area contributed by atoms with Crippen LogP contribution >= 0.6 is 0 Å². The normalized spacial score (nSPS) is 29.5. The summed E-state index contributed by atoms with van der Waals surface area (Å²) in [7, 11) is 1.83. The van der Waals surface area contributed by atoms with E-state index in [9.17, 15) is 9.90 Å². The number of nitrogens with zero attached hydrogens (tertiary/aromatic N) is 3. The molecule has 0 unspecified atom stereocenters. The van der Waals surface area contributed by atoms with Crippen LogP contribution in [0, 0.1) is 0 Å². The minimum atomic E-state index is -0.466. The van der Waals surface area contributed by atoms with Gasteiger partial charge in [0.25, 0.3) is 0 Å². The van der Waals surface area contributed by atoms with Crippen molar-refractivity contribution in [1.29, 1.82) is 0 Å². The summed E-state index contributed by atoms with van der Waals surface area (Å²) in [6, 6.07) is 1.90. The summed E-state index contributed by atoms with van der Waals surface area (Å²) in [5, 5.41) is 17.4. The van der Waals surface area contributed by atoms with Crippen LogP contribution in [0.5, 0.6) is 0 Å². The zero-order valence-corrected chi connectivity index (χ0v) is 13.0. The van der Waals surface area contributed by atoms with E-state index in [1.54, 1.807) is 17.0 Å². The molecule has 22 heavy (non-hydrogen) atoms. The van der Waals surface area contributed by atoms with E-state index in [0.717, 1.165) is 31.6 Å². The molecule has 1 amide bonds. The molecule has 1 aromatic rings. The highest BCUT2D eigenvalue weighted by Gasteiger charge is 2.39. The number of carbonyl (C=O) groups is 1. The number of aliphatic hydroxyl groups is 1. The number of likely N-dealkylation sites (tertiary alicyclic amines) is 1. The van der Waals surface area contributed by atoms with Gasteiger partial charge < -0.3 is 10.4 Å². The Labute approximate surface area is 130 Å². The van der Waals surface area contributed by atoms with E-state index in [1.807, 2.05) is 13.1 Å². The maximum atomic E-state index is 12.0. The van der Waals surface area contributed by atoms with E-state index in [-0.39, 0.29) is 18.0 Å². The SMILES string of the molecule is Cn1nccc1/C=C/C(=O)N[C@@H]1CC[C@@H](N2CCCC2)[C@@H]1O. The molecule has 0 radical (unpaired) electrons. The summed E-state index contributed by atoms with van der Waals surface area (Å²) in [6.07, 6.45) is 8.70. The van der Waals surface area contributed by atoms with Gasteiger partial charge in [-0.15, -0.1) is 0 Å². The van der Waals surface area contributed by atoms with Crippen LogP contribution in [-0.2, 0) is 11.8 Å². The fraction of sp³-hybridized carbons (Fsp3) is 0.625. The Hall–Kier alpha value is -1.66. The Morgan fingerprint density at radius 1 is 1.41 bits per heavy atom. The van der Waals surface area contributed by atoms with Gasteiger partial charge in [-0.1, -0.05) is 0 Å². The Morgan fingerprint density at radius 2 is 2.18 bits per heavy atom. The Kier molecular flexibility index (Phi) is 4.59. The molecular weight excluding hydrogens is 280 g/mol. The van der Waals surface area contributed by atoms with E-state index >= 15 is 0 Å². The first-order valence-corrected chi connectivity index (χ1v) is 8.04. The number of aryl methyl sites for hydroxylation is 1. The third-order valence-corrected chi connectivity index (χ3v) is 4.78. The second-order valence-corrected chi connectivity index (χ2v) is 6.21. The summed E-state index contributed by atoms with van der Waals surface area (Å²) >= 11 is 0. The number of nitrogens with one attached hydrogen (secondary N) is 1. The summed E-state index contributed by atoms with van der Waals surface area (Å²) < 4.78 is 1.71. The van der Waals surface area contributed by atoms with Crippen LogP contribution in [0.4, 0.5) is 0 Å². The van der Waals surface area contributed by atoms with Gasteiger partial charge in [0, 0.05) is 25.4 Å². The molecule has 2 fully saturated rings. The molecule has 3 rings (SSSR count). The maximum absolute atomic E-state index is 12.0. The minimum Gasteiger partial charge on any atom is -0.389 e. The topological polar surface area (TPSA) is 70.4 Å². The average Bonchev–Trinajstić information content (AvgIpc) is 3.21. The molecule has 3 atom stereocenters. The zero-order chi connectivity index (χ0) is 15.5. The van der Waals surface area contributed by atoms with Crippen LogP contribution in [-0.4, -0.2) is 57.0 Å². The lowest BCUT2D eigenvalue weighted by Crippen LogP contribution is -2.47. The van der Waals surface area contributed by atoms with Gasteiger partial charge in [-0.2, -0.15) is 5.10 Å². The van der Waals surface area contributed by atoms with E-state index < -0.39 is 6.10 Å². The first-order valence-electron chi connectivity index (χ1n) is 8.04. The van der Waals surface area contributed by atoms with Gasteiger partial charge in [0.1, 0.15) is 0 Å². The van der Waals surface area contributed by atoms with E-state index in [1.165, 1.54) is 18.9 Å². The number of carbonyl (C=O) groups excluding carboxylic acids is 1. The summed E-state index contributed by atoms with van der Waals surface area (Å²) in [6.45, 7) is 2.14. The predicted molar refractivity (Wildman–Crippen MR) is 84.0 cm³/mol. The van der Waals surface area contributed by atoms with Crippen molar-refractivity contribution in [3.05, 3.63) is 24.0 Å². The van der Waals surface area contributed by atoms with Crippen molar-refractivity contribution in [3.63, 3.8) is 0 Å². The number of aliphatic hydroxyl groups excluding tert-OH is 1. The van der Waals surface area contributed by atoms with Crippen LogP contribution in [0.2, 0.25) is 0 Å². The summed E-state index contributed by atoms with van der Waals surface area (Å²) in [4.78, 5) is 14.4. The first kappa shape index (κ1) is 15.2. The highest BCUT2D eigenvalue weighted by molar-refractivity contribution is 5.91. The third kappa shape index (κ3) is 3.23. The summed E-state index contributed by atoms with van der Waals surface area (Å²) in [5.74, 6) is -0.160. The molecule has 1 aliphatic carbocycles. The monoisotopic (exact) mass is 304 g/mol. The molecule has 2 aliphatic rings. The van der Waals surface area contributed by atoms with Crippen molar-refractivity contribution in [1.82, 2.24) is 20.0 Å². The number of amides is 1. The summed E-state index contributed by atoms with van der Waals surface area (Å²) in [5.41, 5.74) is 0.872. The standard InChI is InChI=1S/C16H24N4O2/c1-19-12(8-9-17-19)4-7-15(21)18-13-5-6-14(16(13)22)20-10-2-3-11-20/h4,7-9,13-14,16,22H,2-3,5-6,10-11H2,1H3,(H,18,21)/b7-4+/t13-,14-,16-/m1/s1. The molecule has 2 heterocycles. The third-order valence-electron chi connectivity index (χ3n) is 4.78. The van der Waals surface area contributed by atoms with Crippen molar-refractivity contribution in [2.45, 2.75) is 43.9 Å². The van der Waals surface area contributed by atoms with Crippen LogP contribution in [0.15, 0.2) is 18.3 Å². The minimum absolute atomic E-state index is 0.144. The van der Waals surface area contributed by atoms with E-state index in [2.05, 4.69) is 15.3 Å². The van der Waals surface area contributed by atoms with Crippen molar-refractivity contribution < 1.29 is 9.90 Å². The molecule has 0 bridgehead atoms. The second-order valence-electron chi connectivity index (χ2n) is 6.21. The highest BCUT2D eigenvalue weighted by atomic mass is 16.3. The Bertz CT molecular complexity index is 548. The van der Waals surface area contributed by atoms with Crippen molar-refractivity contribution in [3.8, 4) is 0 Å². The highest BCUT2D eigenvalue weighted by Crippen LogP contribution is 2.27. The van der Waals surface area contributed by atoms with Gasteiger partial charge in [-0.05, 0) is 50.9 Å². The Morgan fingerprint density at radius 3 is 2.86 bits per heavy atom. The smallest absolute Gasteiger partial charge is 0.244 e. The molecule has 6 heteroatoms. The predicted octanol–water partition coefficient (Wildman–Crippen LogP) is 0.537. The van der Waals surface area contributed by atoms with Gasteiger partial charge in [0.15, 0.2) is 0 Å². The Balaban J connectivity index is 1.53. The molecule has 0 spiro atoms. The lowest BCUT2D eigenvalue weighted by Gasteiger charge is -2.28.